The molecule has 0 bridgehead atoms. The Morgan fingerprint density at radius 2 is 2.18 bits per heavy atom. The minimum atomic E-state index is 0.00694. The molecule has 2 aliphatic heterocycles. The van der Waals surface area contributed by atoms with E-state index in [2.05, 4.69) is 24.1 Å². The van der Waals surface area contributed by atoms with Crippen molar-refractivity contribution in [2.45, 2.75) is 32.4 Å². The second-order valence-corrected chi connectivity index (χ2v) is 6.52. The van der Waals surface area contributed by atoms with Gasteiger partial charge in [-0.1, -0.05) is 6.07 Å². The largest absolute Gasteiger partial charge is 0.497 e. The topological polar surface area (TPSA) is 44.8 Å². The number of piperidine rings is 1. The molecule has 2 fully saturated rings. The monoisotopic (exact) mass is 303 g/mol. The van der Waals surface area contributed by atoms with Crippen molar-refractivity contribution in [3.8, 4) is 5.75 Å². The highest BCUT2D eigenvalue weighted by molar-refractivity contribution is 5.90. The predicted octanol–water partition coefficient (Wildman–Crippen LogP) is 2.64. The number of amides is 2. The Morgan fingerprint density at radius 3 is 2.86 bits per heavy atom. The number of anilines is 1. The van der Waals surface area contributed by atoms with Crippen LogP contribution < -0.4 is 10.1 Å². The Labute approximate surface area is 132 Å². The van der Waals surface area contributed by atoms with Crippen LogP contribution in [0.1, 0.15) is 20.3 Å². The number of likely N-dealkylation sites (tertiary alicyclic amines) is 2. The number of hydrogen-bond donors (Lipinski definition) is 1. The average Bonchev–Trinajstić information content (AvgIpc) is 2.48. The first kappa shape index (κ1) is 15.2. The number of fused-ring (bicyclic) bond motifs is 1. The maximum Gasteiger partial charge on any atom is 0.322 e. The molecule has 120 valence electrons. The lowest BCUT2D eigenvalue weighted by atomic mass is 9.82. The third-order valence-electron chi connectivity index (χ3n) is 4.87. The molecule has 5 nitrogen and oxygen atoms in total. The first-order valence-electron chi connectivity index (χ1n) is 8.04. The van der Waals surface area contributed by atoms with E-state index >= 15 is 0 Å². The molecule has 1 N–H and O–H groups in total. The van der Waals surface area contributed by atoms with Gasteiger partial charge in [-0.2, -0.15) is 0 Å². The number of carbonyl (C=O) groups excluding carboxylic acids is 1. The molecular formula is C17H25N3O2. The second-order valence-electron chi connectivity index (χ2n) is 6.52. The summed E-state index contributed by atoms with van der Waals surface area (Å²) in [5, 5.41) is 2.98. The molecule has 2 saturated heterocycles. The van der Waals surface area contributed by atoms with Gasteiger partial charge in [0.1, 0.15) is 5.75 Å². The molecule has 2 atom stereocenters. The SMILES string of the molecule is COc1cccc(NC(=O)N2C[C@H]3CN(C(C)C)CC[C@H]32)c1. The second kappa shape index (κ2) is 6.16. The van der Waals surface area contributed by atoms with Crippen LogP contribution >= 0.6 is 0 Å². The van der Waals surface area contributed by atoms with Crippen molar-refractivity contribution in [2.24, 2.45) is 5.92 Å². The normalized spacial score (nSPS) is 24.6. The quantitative estimate of drug-likeness (QED) is 0.933. The molecule has 0 aromatic heterocycles. The lowest BCUT2D eigenvalue weighted by Gasteiger charge is -2.53. The van der Waals surface area contributed by atoms with Gasteiger partial charge in [0, 0.05) is 49.4 Å². The summed E-state index contributed by atoms with van der Waals surface area (Å²) < 4.78 is 5.19. The molecule has 5 heteroatoms. The maximum atomic E-state index is 12.4. The van der Waals surface area contributed by atoms with Crippen molar-refractivity contribution in [2.75, 3.05) is 32.1 Å². The van der Waals surface area contributed by atoms with Gasteiger partial charge in [0.2, 0.25) is 0 Å². The number of methoxy groups -OCH3 is 1. The number of ether oxygens (including phenoxy) is 1. The molecule has 2 amide bonds. The highest BCUT2D eigenvalue weighted by atomic mass is 16.5. The van der Waals surface area contributed by atoms with E-state index in [4.69, 9.17) is 4.74 Å². The summed E-state index contributed by atoms with van der Waals surface area (Å²) in [4.78, 5) is 16.9. The van der Waals surface area contributed by atoms with Crippen molar-refractivity contribution in [3.63, 3.8) is 0 Å². The fourth-order valence-corrected chi connectivity index (χ4v) is 3.49. The zero-order chi connectivity index (χ0) is 15.7. The van der Waals surface area contributed by atoms with Crippen molar-refractivity contribution in [3.05, 3.63) is 24.3 Å². The standard InChI is InChI=1S/C17H25N3O2/c1-12(2)19-8-7-16-13(10-19)11-20(16)17(21)18-14-5-4-6-15(9-14)22-3/h4-6,9,12-13,16H,7-8,10-11H2,1-3H3,(H,18,21)/t13-,16-/m1/s1. The average molecular weight is 303 g/mol. The Morgan fingerprint density at radius 1 is 1.36 bits per heavy atom. The molecule has 0 unspecified atom stereocenters. The number of urea groups is 1. The summed E-state index contributed by atoms with van der Waals surface area (Å²) in [5.41, 5.74) is 0.785. The molecular weight excluding hydrogens is 278 g/mol. The van der Waals surface area contributed by atoms with Crippen LogP contribution in [0, 0.1) is 5.92 Å². The number of hydrogen-bond acceptors (Lipinski definition) is 3. The van der Waals surface area contributed by atoms with Crippen LogP contribution in [0.3, 0.4) is 0 Å². The zero-order valence-corrected chi connectivity index (χ0v) is 13.6. The minimum absolute atomic E-state index is 0.00694. The molecule has 0 radical (unpaired) electrons. The first-order chi connectivity index (χ1) is 10.6. The Balaban J connectivity index is 1.57. The van der Waals surface area contributed by atoms with Crippen LogP contribution in [0.15, 0.2) is 24.3 Å². The minimum Gasteiger partial charge on any atom is -0.497 e. The van der Waals surface area contributed by atoms with Gasteiger partial charge in [-0.05, 0) is 32.4 Å². The molecule has 3 rings (SSSR count). The molecule has 0 spiro atoms. The molecule has 2 heterocycles. The van der Waals surface area contributed by atoms with Gasteiger partial charge in [0.15, 0.2) is 0 Å². The highest BCUT2D eigenvalue weighted by Gasteiger charge is 2.45. The fourth-order valence-electron chi connectivity index (χ4n) is 3.49. The van der Waals surface area contributed by atoms with Gasteiger partial charge in [0.25, 0.3) is 0 Å². The highest BCUT2D eigenvalue weighted by Crippen LogP contribution is 2.33. The van der Waals surface area contributed by atoms with Crippen LogP contribution in [0.5, 0.6) is 5.75 Å². The van der Waals surface area contributed by atoms with Gasteiger partial charge in [-0.15, -0.1) is 0 Å². The van der Waals surface area contributed by atoms with Crippen molar-refractivity contribution >= 4 is 11.7 Å². The molecule has 2 aliphatic rings. The summed E-state index contributed by atoms with van der Waals surface area (Å²) in [7, 11) is 1.63. The van der Waals surface area contributed by atoms with E-state index in [1.165, 1.54) is 0 Å². The van der Waals surface area contributed by atoms with E-state index in [0.717, 1.165) is 37.5 Å². The lowest BCUT2D eigenvalue weighted by molar-refractivity contribution is -0.0190. The fraction of sp³-hybridized carbons (Fsp3) is 0.588. The smallest absolute Gasteiger partial charge is 0.322 e. The Hall–Kier alpha value is -1.75. The van der Waals surface area contributed by atoms with E-state index < -0.39 is 0 Å². The lowest BCUT2D eigenvalue weighted by Crippen LogP contribution is -2.66. The summed E-state index contributed by atoms with van der Waals surface area (Å²) in [6, 6.07) is 8.50. The Bertz CT molecular complexity index is 546. The zero-order valence-electron chi connectivity index (χ0n) is 13.6. The first-order valence-corrected chi connectivity index (χ1v) is 8.04. The third kappa shape index (κ3) is 2.90. The van der Waals surface area contributed by atoms with Crippen LogP contribution in [0.2, 0.25) is 0 Å². The van der Waals surface area contributed by atoms with Gasteiger partial charge in [-0.25, -0.2) is 4.79 Å². The molecule has 0 saturated carbocycles. The molecule has 22 heavy (non-hydrogen) atoms. The number of nitrogens with zero attached hydrogens (tertiary/aromatic N) is 2. The molecule has 1 aromatic rings. The summed E-state index contributed by atoms with van der Waals surface area (Å²) in [6.07, 6.45) is 1.08. The van der Waals surface area contributed by atoms with E-state index in [1.807, 2.05) is 29.2 Å². The number of nitrogens with one attached hydrogen (secondary N) is 1. The van der Waals surface area contributed by atoms with Gasteiger partial charge in [-0.3, -0.25) is 0 Å². The number of benzene rings is 1. The Kier molecular flexibility index (Phi) is 4.25. The van der Waals surface area contributed by atoms with E-state index in [1.54, 1.807) is 7.11 Å². The third-order valence-corrected chi connectivity index (χ3v) is 4.87. The van der Waals surface area contributed by atoms with E-state index in [0.29, 0.717) is 18.0 Å². The molecule has 1 aromatic carbocycles. The van der Waals surface area contributed by atoms with Crippen LogP contribution in [-0.4, -0.2) is 54.7 Å². The summed E-state index contributed by atoms with van der Waals surface area (Å²) in [5.74, 6) is 1.39. The van der Waals surface area contributed by atoms with Crippen molar-refractivity contribution < 1.29 is 9.53 Å². The number of carbonyl (C=O) groups is 1. The van der Waals surface area contributed by atoms with Crippen LogP contribution in [0.4, 0.5) is 10.5 Å². The molecule has 0 aliphatic carbocycles. The van der Waals surface area contributed by atoms with Gasteiger partial charge < -0.3 is 19.9 Å². The maximum absolute atomic E-state index is 12.4. The van der Waals surface area contributed by atoms with Crippen LogP contribution in [-0.2, 0) is 0 Å². The predicted molar refractivity (Wildman–Crippen MR) is 87.3 cm³/mol. The summed E-state index contributed by atoms with van der Waals surface area (Å²) in [6.45, 7) is 7.55. The van der Waals surface area contributed by atoms with Crippen molar-refractivity contribution in [1.29, 1.82) is 0 Å². The van der Waals surface area contributed by atoms with E-state index in [-0.39, 0.29) is 6.03 Å². The summed E-state index contributed by atoms with van der Waals surface area (Å²) >= 11 is 0. The van der Waals surface area contributed by atoms with Gasteiger partial charge in [0.05, 0.1) is 7.11 Å². The van der Waals surface area contributed by atoms with Crippen molar-refractivity contribution in [1.82, 2.24) is 9.80 Å². The number of rotatable bonds is 3. The van der Waals surface area contributed by atoms with Crippen LogP contribution in [0.25, 0.3) is 0 Å². The van der Waals surface area contributed by atoms with E-state index in [9.17, 15) is 4.79 Å². The van der Waals surface area contributed by atoms with Gasteiger partial charge >= 0.3 is 6.03 Å².